The molecule has 4 N–H and O–H groups in total. The van der Waals surface area contributed by atoms with Gasteiger partial charge in [-0.25, -0.2) is 9.97 Å². The van der Waals surface area contributed by atoms with Gasteiger partial charge in [0.2, 0.25) is 5.95 Å². The number of aromatic nitrogens is 2. The zero-order valence-electron chi connectivity index (χ0n) is 18.5. The molecule has 180 valence electrons. The molecule has 2 aromatic carbocycles. The second-order valence-corrected chi connectivity index (χ2v) is 8.21. The van der Waals surface area contributed by atoms with Crippen molar-refractivity contribution >= 4 is 46.9 Å². The predicted molar refractivity (Wildman–Crippen MR) is 134 cm³/mol. The van der Waals surface area contributed by atoms with Gasteiger partial charge in [0.1, 0.15) is 0 Å². The summed E-state index contributed by atoms with van der Waals surface area (Å²) in [6.45, 7) is 5.39. The smallest absolute Gasteiger partial charge is 0.396 e. The molecule has 3 rings (SSSR count). The molecule has 0 atom stereocenters. The molecule has 0 aliphatic carbocycles. The van der Waals surface area contributed by atoms with Crippen molar-refractivity contribution < 1.29 is 18.0 Å². The number of rotatable bonds is 8. The van der Waals surface area contributed by atoms with Gasteiger partial charge in [-0.2, -0.15) is 13.2 Å². The maximum absolute atomic E-state index is 12.6. The fourth-order valence-electron chi connectivity index (χ4n) is 2.82. The van der Waals surface area contributed by atoms with Crippen LogP contribution >= 0.6 is 11.8 Å². The predicted octanol–water partition coefficient (Wildman–Crippen LogP) is 5.91. The van der Waals surface area contributed by atoms with Gasteiger partial charge in [0, 0.05) is 34.2 Å². The number of carbonyl (C=O) groups is 1. The third-order valence-electron chi connectivity index (χ3n) is 4.43. The number of anilines is 3. The molecule has 1 aromatic heterocycles. The number of halogens is 3. The number of carbonyl (C=O) groups excluding carboxylic acids is 1. The lowest BCUT2D eigenvalue weighted by Gasteiger charge is -2.12. The van der Waals surface area contributed by atoms with E-state index in [-0.39, 0.29) is 28.2 Å². The summed E-state index contributed by atoms with van der Waals surface area (Å²) >= 11 is -0.276. The fourth-order valence-corrected chi connectivity index (χ4v) is 3.42. The van der Waals surface area contributed by atoms with Crippen molar-refractivity contribution in [2.45, 2.75) is 17.3 Å². The van der Waals surface area contributed by atoms with E-state index in [1.54, 1.807) is 24.3 Å². The zero-order valence-corrected chi connectivity index (χ0v) is 19.3. The Hall–Kier alpha value is -4.12. The molecule has 0 unspecified atom stereocenters. The monoisotopic (exact) mass is 498 g/mol. The first-order valence-electron chi connectivity index (χ1n) is 10.1. The van der Waals surface area contributed by atoms with E-state index in [0.29, 0.717) is 22.8 Å². The molecule has 0 radical (unpaired) electrons. The Morgan fingerprint density at radius 1 is 1.20 bits per heavy atom. The lowest BCUT2D eigenvalue weighted by atomic mass is 10.1. The molecule has 1 heterocycles. The topological polar surface area (TPSA) is 105 Å². The average Bonchev–Trinajstić information content (AvgIpc) is 2.80. The van der Waals surface area contributed by atoms with Gasteiger partial charge in [0.05, 0.1) is 17.6 Å². The van der Waals surface area contributed by atoms with Gasteiger partial charge in [0.25, 0.3) is 5.91 Å². The normalized spacial score (nSPS) is 11.9. The molecule has 0 spiro atoms. The molecule has 0 saturated heterocycles. The van der Waals surface area contributed by atoms with E-state index in [0.717, 1.165) is 5.56 Å². The number of hydrogen-bond acceptors (Lipinski definition) is 7. The summed E-state index contributed by atoms with van der Waals surface area (Å²) in [5.41, 5.74) is 4.35. The summed E-state index contributed by atoms with van der Waals surface area (Å²) in [6.07, 6.45) is 5.98. The highest BCUT2D eigenvalue weighted by Gasteiger charge is 2.29. The van der Waals surface area contributed by atoms with Crippen molar-refractivity contribution in [1.29, 1.82) is 0 Å². The summed E-state index contributed by atoms with van der Waals surface area (Å²) in [6, 6.07) is 12.1. The second-order valence-electron chi connectivity index (χ2n) is 7.07. The summed E-state index contributed by atoms with van der Waals surface area (Å²) < 4.78 is 37.9. The Morgan fingerprint density at radius 3 is 2.74 bits per heavy atom. The SMILES string of the molecule is C=C/C=N\C=C(/N)c1ccnc(Nc2cc(NC(=O)c3cccc(SC(F)(F)F)c3)ccc2C)n1. The number of aliphatic imine (C=N–C) groups is 1. The maximum Gasteiger partial charge on any atom is 0.446 e. The molecule has 1 amide bonds. The van der Waals surface area contributed by atoms with Crippen LogP contribution < -0.4 is 16.4 Å². The van der Waals surface area contributed by atoms with E-state index < -0.39 is 11.4 Å². The van der Waals surface area contributed by atoms with Crippen molar-refractivity contribution in [2.75, 3.05) is 10.6 Å². The Morgan fingerprint density at radius 2 is 2.00 bits per heavy atom. The van der Waals surface area contributed by atoms with Crippen LogP contribution in [0.4, 0.5) is 30.5 Å². The summed E-state index contributed by atoms with van der Waals surface area (Å²) in [5, 5.41) is 5.78. The first-order valence-corrected chi connectivity index (χ1v) is 10.9. The summed E-state index contributed by atoms with van der Waals surface area (Å²) in [5.74, 6) is -0.268. The van der Waals surface area contributed by atoms with Gasteiger partial charge >= 0.3 is 5.51 Å². The van der Waals surface area contributed by atoms with Crippen molar-refractivity contribution in [3.05, 3.63) is 90.4 Å². The highest BCUT2D eigenvalue weighted by Crippen LogP contribution is 2.37. The molecule has 3 aromatic rings. The standard InChI is InChI=1S/C24H21F3N6OS/c1-3-10-29-14-19(28)20-9-11-30-23(32-20)33-21-13-17(8-7-15(21)2)31-22(34)16-5-4-6-18(12-16)35-24(25,26)27/h3-14H,1,28H2,2H3,(H,31,34)(H,30,32,33)/b19-14-,29-10-. The summed E-state index contributed by atoms with van der Waals surface area (Å²) in [4.78, 5) is 25.1. The van der Waals surface area contributed by atoms with Gasteiger partial charge in [-0.05, 0) is 60.6 Å². The minimum Gasteiger partial charge on any atom is -0.396 e. The van der Waals surface area contributed by atoms with Crippen molar-refractivity contribution in [3.63, 3.8) is 0 Å². The van der Waals surface area contributed by atoms with Crippen molar-refractivity contribution in [2.24, 2.45) is 10.7 Å². The first-order chi connectivity index (χ1) is 16.6. The quantitative estimate of drug-likeness (QED) is 0.264. The molecule has 7 nitrogen and oxygen atoms in total. The van der Waals surface area contributed by atoms with E-state index in [4.69, 9.17) is 5.73 Å². The van der Waals surface area contributed by atoms with Crippen LogP contribution in [0.1, 0.15) is 21.6 Å². The van der Waals surface area contributed by atoms with Crippen molar-refractivity contribution in [3.8, 4) is 0 Å². The second kappa shape index (κ2) is 11.3. The van der Waals surface area contributed by atoms with Gasteiger partial charge in [0.15, 0.2) is 0 Å². The van der Waals surface area contributed by atoms with Crippen LogP contribution in [0.2, 0.25) is 0 Å². The number of allylic oxidation sites excluding steroid dienone is 1. The minimum atomic E-state index is -4.44. The average molecular weight is 499 g/mol. The van der Waals surface area contributed by atoms with Crippen LogP contribution in [0.5, 0.6) is 0 Å². The van der Waals surface area contributed by atoms with Gasteiger partial charge in [-0.15, -0.1) is 0 Å². The Kier molecular flexibility index (Phi) is 8.26. The number of benzene rings is 2. The fraction of sp³-hybridized carbons (Fsp3) is 0.0833. The lowest BCUT2D eigenvalue weighted by molar-refractivity contribution is -0.0328. The van der Waals surface area contributed by atoms with E-state index in [1.807, 2.05) is 6.92 Å². The minimum absolute atomic E-state index is 0.0723. The molecule has 35 heavy (non-hydrogen) atoms. The number of alkyl halides is 3. The highest BCUT2D eigenvalue weighted by molar-refractivity contribution is 8.00. The number of aryl methyl sites for hydroxylation is 1. The molecule has 0 bridgehead atoms. The molecule has 0 aliphatic rings. The lowest BCUT2D eigenvalue weighted by Crippen LogP contribution is -2.12. The molecule has 0 fully saturated rings. The number of hydrogen-bond donors (Lipinski definition) is 3. The Balaban J connectivity index is 1.77. The Bertz CT molecular complexity index is 1290. The zero-order chi connectivity index (χ0) is 25.4. The summed E-state index contributed by atoms with van der Waals surface area (Å²) in [7, 11) is 0. The van der Waals surface area contributed by atoms with Crippen LogP contribution in [-0.4, -0.2) is 27.6 Å². The van der Waals surface area contributed by atoms with Crippen LogP contribution in [0, 0.1) is 6.92 Å². The van der Waals surface area contributed by atoms with E-state index in [2.05, 4.69) is 32.2 Å². The van der Waals surface area contributed by atoms with E-state index in [9.17, 15) is 18.0 Å². The van der Waals surface area contributed by atoms with Crippen LogP contribution in [-0.2, 0) is 0 Å². The van der Waals surface area contributed by atoms with Crippen LogP contribution in [0.25, 0.3) is 5.70 Å². The van der Waals surface area contributed by atoms with Gasteiger partial charge < -0.3 is 16.4 Å². The highest BCUT2D eigenvalue weighted by atomic mass is 32.2. The molecule has 0 saturated carbocycles. The number of nitrogens with two attached hydrogens (primary N) is 1. The third kappa shape index (κ3) is 7.71. The van der Waals surface area contributed by atoms with Crippen molar-refractivity contribution in [1.82, 2.24) is 9.97 Å². The Labute approximate surface area is 204 Å². The number of amides is 1. The van der Waals surface area contributed by atoms with Gasteiger partial charge in [-0.1, -0.05) is 24.8 Å². The number of nitrogens with one attached hydrogen (secondary N) is 2. The molecular formula is C24H21F3N6OS. The van der Waals surface area contributed by atoms with Crippen LogP contribution in [0.15, 0.2) is 83.5 Å². The van der Waals surface area contributed by atoms with E-state index in [1.165, 1.54) is 49.0 Å². The number of nitrogens with zero attached hydrogens (tertiary/aromatic N) is 3. The van der Waals surface area contributed by atoms with Gasteiger partial charge in [-0.3, -0.25) is 9.79 Å². The molecular weight excluding hydrogens is 477 g/mol. The first kappa shape index (κ1) is 25.5. The van der Waals surface area contributed by atoms with Crippen LogP contribution in [0.3, 0.4) is 0 Å². The molecule has 11 heteroatoms. The third-order valence-corrected chi connectivity index (χ3v) is 5.15. The maximum atomic E-state index is 12.6. The van der Waals surface area contributed by atoms with E-state index >= 15 is 0 Å². The number of thioether (sulfide) groups is 1. The largest absolute Gasteiger partial charge is 0.446 e. The molecule has 0 aliphatic heterocycles.